The van der Waals surface area contributed by atoms with E-state index in [-0.39, 0.29) is 5.91 Å². The summed E-state index contributed by atoms with van der Waals surface area (Å²) in [7, 11) is 1.49. The van der Waals surface area contributed by atoms with Gasteiger partial charge < -0.3 is 14.7 Å². The number of amides is 1. The topological polar surface area (TPSA) is 66.8 Å². The van der Waals surface area contributed by atoms with Crippen LogP contribution in [-0.2, 0) is 11.4 Å². The van der Waals surface area contributed by atoms with Gasteiger partial charge in [-0.25, -0.2) is 4.79 Å². The van der Waals surface area contributed by atoms with Crippen LogP contribution in [0.25, 0.3) is 11.1 Å². The molecule has 0 radical (unpaired) electrons. The van der Waals surface area contributed by atoms with Gasteiger partial charge in [-0.2, -0.15) is 0 Å². The molecular formula is C24H20ClNO4. The van der Waals surface area contributed by atoms with E-state index in [0.29, 0.717) is 28.5 Å². The number of aryl methyl sites for hydroxylation is 1. The molecule has 1 unspecified atom stereocenters. The van der Waals surface area contributed by atoms with Crippen molar-refractivity contribution in [3.63, 3.8) is 0 Å². The summed E-state index contributed by atoms with van der Waals surface area (Å²) in [6.07, 6.45) is 0. The van der Waals surface area contributed by atoms with E-state index in [2.05, 4.69) is 6.07 Å². The van der Waals surface area contributed by atoms with Gasteiger partial charge in [0.1, 0.15) is 12.4 Å². The molecule has 0 aliphatic carbocycles. The van der Waals surface area contributed by atoms with Crippen molar-refractivity contribution < 1.29 is 19.4 Å². The minimum atomic E-state index is -1.05. The maximum absolute atomic E-state index is 12.4. The van der Waals surface area contributed by atoms with Crippen LogP contribution in [0.2, 0.25) is 5.02 Å². The molecule has 152 valence electrons. The zero-order valence-corrected chi connectivity index (χ0v) is 17.3. The molecule has 5 nitrogen and oxygen atoms in total. The second-order valence-electron chi connectivity index (χ2n) is 7.35. The number of ether oxygens (including phenoxy) is 1. The molecule has 0 fully saturated rings. The number of nitrogens with zero attached hydrogens (tertiary/aromatic N) is 1. The van der Waals surface area contributed by atoms with Gasteiger partial charge >= 0.3 is 5.97 Å². The largest absolute Gasteiger partial charge is 0.489 e. The number of halogens is 1. The minimum absolute atomic E-state index is 0.317. The van der Waals surface area contributed by atoms with E-state index in [9.17, 15) is 14.7 Å². The first-order chi connectivity index (χ1) is 14.3. The lowest BCUT2D eigenvalue weighted by molar-refractivity contribution is -0.141. The second-order valence-corrected chi connectivity index (χ2v) is 7.79. The van der Waals surface area contributed by atoms with Gasteiger partial charge in [-0.15, -0.1) is 0 Å². The van der Waals surface area contributed by atoms with E-state index < -0.39 is 12.0 Å². The number of carbonyl (C=O) groups is 2. The fraction of sp³-hybridized carbons (Fsp3) is 0.167. The van der Waals surface area contributed by atoms with Crippen LogP contribution in [0.4, 0.5) is 0 Å². The molecule has 4 rings (SSSR count). The summed E-state index contributed by atoms with van der Waals surface area (Å²) in [4.78, 5) is 25.1. The number of carboxylic acid groups (broad SMARTS) is 1. The molecule has 1 aliphatic rings. The van der Waals surface area contributed by atoms with Gasteiger partial charge in [0.2, 0.25) is 0 Å². The highest BCUT2D eigenvalue weighted by Crippen LogP contribution is 2.35. The molecule has 0 saturated heterocycles. The molecule has 6 heteroatoms. The molecule has 1 amide bonds. The summed E-state index contributed by atoms with van der Waals surface area (Å²) < 4.78 is 5.90. The number of aliphatic carboxylic acids is 1. The van der Waals surface area contributed by atoms with Gasteiger partial charge in [-0.05, 0) is 65.1 Å². The van der Waals surface area contributed by atoms with Crippen LogP contribution in [0.3, 0.4) is 0 Å². The molecule has 0 saturated carbocycles. The third-order valence-electron chi connectivity index (χ3n) is 5.32. The predicted molar refractivity (Wildman–Crippen MR) is 115 cm³/mol. The van der Waals surface area contributed by atoms with Crippen LogP contribution in [0.1, 0.15) is 33.1 Å². The van der Waals surface area contributed by atoms with E-state index in [0.717, 1.165) is 22.3 Å². The van der Waals surface area contributed by atoms with Crippen LogP contribution in [0.5, 0.6) is 5.75 Å². The van der Waals surface area contributed by atoms with E-state index in [1.165, 1.54) is 11.9 Å². The molecular weight excluding hydrogens is 402 g/mol. The molecule has 1 heterocycles. The number of hydrogen-bond donors (Lipinski definition) is 1. The summed E-state index contributed by atoms with van der Waals surface area (Å²) in [5, 5.41) is 10.1. The Morgan fingerprint density at radius 2 is 1.90 bits per heavy atom. The summed E-state index contributed by atoms with van der Waals surface area (Å²) in [6.45, 7) is 2.35. The van der Waals surface area contributed by atoms with Crippen molar-refractivity contribution in [1.29, 1.82) is 0 Å². The Labute approximate surface area is 179 Å². The van der Waals surface area contributed by atoms with E-state index in [1.54, 1.807) is 18.2 Å². The van der Waals surface area contributed by atoms with Crippen molar-refractivity contribution in [1.82, 2.24) is 4.90 Å². The average Bonchev–Trinajstić information content (AvgIpc) is 2.97. The highest BCUT2D eigenvalue weighted by molar-refractivity contribution is 6.30. The van der Waals surface area contributed by atoms with Crippen molar-refractivity contribution in [2.24, 2.45) is 0 Å². The summed E-state index contributed by atoms with van der Waals surface area (Å²) in [5.74, 6) is -0.842. The lowest BCUT2D eigenvalue weighted by Crippen LogP contribution is -2.28. The van der Waals surface area contributed by atoms with Crippen molar-refractivity contribution >= 4 is 23.5 Å². The first kappa shape index (κ1) is 20.0. The molecule has 0 spiro atoms. The lowest BCUT2D eigenvalue weighted by atomic mass is 9.99. The molecule has 3 aromatic carbocycles. The Bertz CT molecular complexity index is 1160. The highest BCUT2D eigenvalue weighted by atomic mass is 35.5. The van der Waals surface area contributed by atoms with Crippen molar-refractivity contribution in [2.75, 3.05) is 7.05 Å². The van der Waals surface area contributed by atoms with Gasteiger partial charge in [0.25, 0.3) is 5.91 Å². The van der Waals surface area contributed by atoms with Gasteiger partial charge in [-0.1, -0.05) is 41.9 Å². The normalized spacial score (nSPS) is 15.2. The fourth-order valence-corrected chi connectivity index (χ4v) is 4.04. The van der Waals surface area contributed by atoms with Gasteiger partial charge in [-0.3, -0.25) is 4.79 Å². The Balaban J connectivity index is 1.54. The van der Waals surface area contributed by atoms with E-state index in [1.807, 2.05) is 43.3 Å². The smallest absolute Gasteiger partial charge is 0.331 e. The maximum Gasteiger partial charge on any atom is 0.331 e. The summed E-state index contributed by atoms with van der Waals surface area (Å²) in [5.41, 5.74) is 5.10. The lowest BCUT2D eigenvalue weighted by Gasteiger charge is -2.15. The quantitative estimate of drug-likeness (QED) is 0.622. The number of hydrogen-bond acceptors (Lipinski definition) is 3. The molecule has 1 N–H and O–H groups in total. The number of benzene rings is 3. The van der Waals surface area contributed by atoms with Crippen LogP contribution < -0.4 is 4.74 Å². The van der Waals surface area contributed by atoms with Gasteiger partial charge in [0, 0.05) is 17.6 Å². The third-order valence-corrected chi connectivity index (χ3v) is 5.56. The fourth-order valence-electron chi connectivity index (χ4n) is 3.81. The molecule has 3 aromatic rings. The zero-order valence-electron chi connectivity index (χ0n) is 16.6. The van der Waals surface area contributed by atoms with E-state index >= 15 is 0 Å². The number of rotatable bonds is 5. The van der Waals surface area contributed by atoms with Gasteiger partial charge in [0.05, 0.1) is 0 Å². The number of fused-ring (bicyclic) bond motifs is 1. The third kappa shape index (κ3) is 3.64. The van der Waals surface area contributed by atoms with Crippen LogP contribution in [0.15, 0.2) is 60.7 Å². The average molecular weight is 422 g/mol. The van der Waals surface area contributed by atoms with Crippen molar-refractivity contribution in [2.45, 2.75) is 19.6 Å². The number of carboxylic acids is 1. The first-order valence-electron chi connectivity index (χ1n) is 9.47. The van der Waals surface area contributed by atoms with Crippen LogP contribution in [0, 0.1) is 6.92 Å². The molecule has 1 aliphatic heterocycles. The molecule has 0 aromatic heterocycles. The highest BCUT2D eigenvalue weighted by Gasteiger charge is 2.39. The summed E-state index contributed by atoms with van der Waals surface area (Å²) >= 11 is 6.06. The van der Waals surface area contributed by atoms with Gasteiger partial charge in [0.15, 0.2) is 6.04 Å². The standard InChI is InChI=1S/C24H20ClNO4/c1-14-10-17(25)6-8-19(14)16-5-3-4-15(11-16)13-30-18-7-9-20-21(12-18)23(27)26(2)22(20)24(28)29/h3-12,22H,13H2,1-2H3,(H,28,29). The molecule has 1 atom stereocenters. The van der Waals surface area contributed by atoms with Crippen LogP contribution in [-0.4, -0.2) is 28.9 Å². The minimum Gasteiger partial charge on any atom is -0.489 e. The zero-order chi connectivity index (χ0) is 21.4. The molecule has 30 heavy (non-hydrogen) atoms. The number of carbonyl (C=O) groups excluding carboxylic acids is 1. The molecule has 0 bridgehead atoms. The van der Waals surface area contributed by atoms with Crippen molar-refractivity contribution in [3.05, 3.63) is 87.9 Å². The Morgan fingerprint density at radius 1 is 1.10 bits per heavy atom. The Morgan fingerprint density at radius 3 is 2.63 bits per heavy atom. The van der Waals surface area contributed by atoms with Crippen LogP contribution >= 0.6 is 11.6 Å². The maximum atomic E-state index is 12.4. The Kier molecular flexibility index (Phi) is 5.22. The van der Waals surface area contributed by atoms with Crippen molar-refractivity contribution in [3.8, 4) is 16.9 Å². The predicted octanol–water partition coefficient (Wildman–Crippen LogP) is 5.11. The van der Waals surface area contributed by atoms with E-state index in [4.69, 9.17) is 16.3 Å². The Hall–Kier alpha value is -3.31. The number of likely N-dealkylation sites (N-methyl/N-ethyl adjacent to an activating group) is 1. The summed E-state index contributed by atoms with van der Waals surface area (Å²) in [6, 6.07) is 17.9. The second kappa shape index (κ2) is 7.84. The SMILES string of the molecule is Cc1cc(Cl)ccc1-c1cccc(COc2ccc3c(c2)C(=O)N(C)C3C(=O)O)c1. The first-order valence-corrected chi connectivity index (χ1v) is 9.85. The monoisotopic (exact) mass is 421 g/mol.